The van der Waals surface area contributed by atoms with Crippen LogP contribution in [0.4, 0.5) is 4.79 Å². The maximum absolute atomic E-state index is 8.56. The van der Waals surface area contributed by atoms with E-state index < -0.39 is 6.16 Å². The summed E-state index contributed by atoms with van der Waals surface area (Å²) in [6.45, 7) is 0. The van der Waals surface area contributed by atoms with Crippen molar-refractivity contribution in [2.45, 2.75) is 0 Å². The molecule has 0 aliphatic rings. The fourth-order valence-corrected chi connectivity index (χ4v) is 0. The third-order valence-corrected chi connectivity index (χ3v) is 0. The van der Waals surface area contributed by atoms with Gasteiger partial charge in [-0.3, -0.25) is 0 Å². The molecule has 0 bridgehead atoms. The normalized spacial score (nSPS) is 4.80. The first-order chi connectivity index (χ1) is 1.73. The Kier molecular flexibility index (Phi) is 9.14. The zero-order valence-corrected chi connectivity index (χ0v) is 1.80. The number of hydrogen-bond donors (Lipinski definition) is 2. The molecule has 0 aromatic carbocycles. The van der Waals surface area contributed by atoms with Crippen molar-refractivity contribution in [2.24, 2.45) is 0 Å². The number of carboxylic acid groups (broad SMARTS) is 2. The molecule has 0 radical (unpaired) electrons. The fourth-order valence-electron chi connectivity index (χ4n) is 0. The van der Waals surface area contributed by atoms with Crippen molar-refractivity contribution in [1.29, 1.82) is 0 Å². The first kappa shape index (κ1) is 9.32. The first-order valence-electron chi connectivity index (χ1n) is 0.651. The minimum atomic E-state index is -1.83. The van der Waals surface area contributed by atoms with Crippen molar-refractivity contribution in [3.8, 4) is 0 Å². The second kappa shape index (κ2) is 4.91. The van der Waals surface area contributed by atoms with Gasteiger partial charge in [-0.2, -0.15) is 0 Å². The predicted molar refractivity (Wildman–Crippen MR) is 18.9 cm³/mol. The second-order valence-corrected chi connectivity index (χ2v) is 0.283. The summed E-state index contributed by atoms with van der Waals surface area (Å²) in [5.41, 5.74) is 0. The Balaban J connectivity index is -0.0000000450. The van der Waals surface area contributed by atoms with E-state index in [1.54, 1.807) is 0 Å². The molecule has 4 heteroatoms. The Bertz CT molecular complexity index is 33.8. The van der Waals surface area contributed by atoms with Crippen LogP contribution in [0.5, 0.6) is 0 Å². The third kappa shape index (κ3) is 50.4. The van der Waals surface area contributed by atoms with E-state index >= 15 is 0 Å². The fraction of sp³-hybridized carbons (Fsp3) is 0. The van der Waals surface area contributed by atoms with Crippen molar-refractivity contribution in [3.05, 3.63) is 0 Å². The molecule has 0 saturated carbocycles. The molecule has 2 N–H and O–H groups in total. The molecule has 0 aliphatic carbocycles. The van der Waals surface area contributed by atoms with Gasteiger partial charge in [-0.15, -0.1) is 0 Å². The summed E-state index contributed by atoms with van der Waals surface area (Å²) in [7, 11) is 0. The quantitative estimate of drug-likeness (QED) is 0.413. The van der Waals surface area contributed by atoms with Gasteiger partial charge in [0.2, 0.25) is 0 Å². The van der Waals surface area contributed by atoms with Crippen LogP contribution in [0.15, 0.2) is 0 Å². The molecule has 3 nitrogen and oxygen atoms in total. The van der Waals surface area contributed by atoms with Gasteiger partial charge < -0.3 is 10.2 Å². The van der Waals surface area contributed by atoms with E-state index in [-0.39, 0.29) is 52.8 Å². The Morgan fingerprint density at radius 1 is 1.60 bits per heavy atom. The van der Waals surface area contributed by atoms with Crippen LogP contribution in [-0.2, 0) is 0 Å². The third-order valence-electron chi connectivity index (χ3n) is 0. The molecule has 0 spiro atoms. The summed E-state index contributed by atoms with van der Waals surface area (Å²) in [5, 5.41) is 13.9. The number of hydrogen-bond acceptors (Lipinski definition) is 1. The molecule has 0 saturated heterocycles. The van der Waals surface area contributed by atoms with Gasteiger partial charge in [0.25, 0.3) is 0 Å². The standard InChI is InChI=1S/CH2O3.K.H/c2-1(3)4;;/h(H2,2,3,4);;/p+1. The van der Waals surface area contributed by atoms with Gasteiger partial charge in [-0.25, -0.2) is 4.79 Å². The number of rotatable bonds is 0. The summed E-state index contributed by atoms with van der Waals surface area (Å²) in [5.74, 6) is 0. The van der Waals surface area contributed by atoms with Crippen LogP contribution in [0.1, 0.15) is 1.43 Å². The van der Waals surface area contributed by atoms with E-state index in [4.69, 9.17) is 15.0 Å². The van der Waals surface area contributed by atoms with Gasteiger partial charge >= 0.3 is 59.0 Å². The minimum absolute atomic E-state index is 0. The van der Waals surface area contributed by atoms with Gasteiger partial charge in [0.15, 0.2) is 0 Å². The Labute approximate surface area is 72.9 Å². The van der Waals surface area contributed by atoms with Crippen molar-refractivity contribution < 1.29 is 16.4 Å². The zero-order chi connectivity index (χ0) is 3.58. The molecule has 0 unspecified atom stereocenters. The van der Waals surface area contributed by atoms with E-state index in [0.29, 0.717) is 0 Å². The van der Waals surface area contributed by atoms with E-state index in [1.807, 2.05) is 0 Å². The summed E-state index contributed by atoms with van der Waals surface area (Å²) in [4.78, 5) is 8.56. The van der Waals surface area contributed by atoms with Crippen LogP contribution in [0.2, 0.25) is 0 Å². The zero-order valence-electron chi connectivity index (χ0n) is 2.80. The summed E-state index contributed by atoms with van der Waals surface area (Å²) in [6, 6.07) is 0. The van der Waals surface area contributed by atoms with Crippen molar-refractivity contribution in [1.82, 2.24) is 0 Å². The van der Waals surface area contributed by atoms with Gasteiger partial charge in [-0.1, -0.05) is 0 Å². The van der Waals surface area contributed by atoms with Gasteiger partial charge in [0.05, 0.1) is 0 Å². The molecule has 0 aromatic rings. The SMILES string of the molecule is O=C(O)O.[H+].[KH]. The van der Waals surface area contributed by atoms with E-state index in [9.17, 15) is 0 Å². The van der Waals surface area contributed by atoms with Crippen LogP contribution in [0, 0.1) is 0 Å². The van der Waals surface area contributed by atoms with Crippen LogP contribution < -0.4 is 0 Å². The van der Waals surface area contributed by atoms with Crippen molar-refractivity contribution >= 4 is 57.5 Å². The molecule has 0 fully saturated rings. The van der Waals surface area contributed by atoms with Crippen molar-refractivity contribution in [2.75, 3.05) is 0 Å². The monoisotopic (exact) mass is 103 g/mol. The Morgan fingerprint density at radius 2 is 1.60 bits per heavy atom. The Morgan fingerprint density at radius 3 is 1.60 bits per heavy atom. The molecule has 26 valence electrons. The van der Waals surface area contributed by atoms with E-state index in [0.717, 1.165) is 0 Å². The molecule has 0 amide bonds. The summed E-state index contributed by atoms with van der Waals surface area (Å²) in [6.07, 6.45) is -1.83. The van der Waals surface area contributed by atoms with Gasteiger partial charge in [0.1, 0.15) is 0 Å². The Hall–Kier alpha value is 0.906. The maximum atomic E-state index is 8.56. The second-order valence-electron chi connectivity index (χ2n) is 0.283. The molecule has 5 heavy (non-hydrogen) atoms. The molecule has 0 rings (SSSR count). The molecule has 0 heterocycles. The average molecular weight is 103 g/mol. The van der Waals surface area contributed by atoms with E-state index in [1.165, 1.54) is 0 Å². The topological polar surface area (TPSA) is 57.5 Å². The van der Waals surface area contributed by atoms with Gasteiger partial charge in [-0.05, 0) is 0 Å². The first-order valence-corrected chi connectivity index (χ1v) is 0.651. The van der Waals surface area contributed by atoms with Crippen LogP contribution in [-0.4, -0.2) is 67.8 Å². The predicted octanol–water partition coefficient (Wildman–Crippen LogP) is -0.314. The molecule has 0 aliphatic heterocycles. The van der Waals surface area contributed by atoms with E-state index in [2.05, 4.69) is 0 Å². The summed E-state index contributed by atoms with van der Waals surface area (Å²) < 4.78 is 0. The van der Waals surface area contributed by atoms with Crippen LogP contribution in [0.3, 0.4) is 0 Å². The van der Waals surface area contributed by atoms with Crippen LogP contribution in [0.25, 0.3) is 0 Å². The van der Waals surface area contributed by atoms with Crippen LogP contribution >= 0.6 is 0 Å². The molecular formula is CH4KO3+. The molecule has 0 atom stereocenters. The average Bonchev–Trinajstić information content (AvgIpc) is 0.811. The number of carbonyl (C=O) groups is 1. The molecule has 0 aromatic heterocycles. The summed E-state index contributed by atoms with van der Waals surface area (Å²) >= 11 is 0. The molecular weight excluding hydrogens is 99.1 g/mol. The van der Waals surface area contributed by atoms with Crippen molar-refractivity contribution in [3.63, 3.8) is 0 Å². The van der Waals surface area contributed by atoms with Gasteiger partial charge in [0, 0.05) is 0 Å².